The first kappa shape index (κ1) is 19.6. The minimum Gasteiger partial charge on any atom is -0.469 e. The van der Waals surface area contributed by atoms with Crippen LogP contribution in [0.15, 0.2) is 0 Å². The Morgan fingerprint density at radius 2 is 1.80 bits per heavy atom. The smallest absolute Gasteiger partial charge is 0.308 e. The molecule has 0 heterocycles. The molecular formula is C15H32O4Si. The van der Waals surface area contributed by atoms with Crippen LogP contribution in [0.1, 0.15) is 47.0 Å². The zero-order chi connectivity index (χ0) is 16.0. The van der Waals surface area contributed by atoms with E-state index >= 15 is 0 Å². The van der Waals surface area contributed by atoms with Gasteiger partial charge in [-0.15, -0.1) is 0 Å². The number of hydrogen-bond donors (Lipinski definition) is 1. The quantitative estimate of drug-likeness (QED) is 0.552. The third-order valence-corrected chi connectivity index (χ3v) is 8.72. The normalized spacial score (nSPS) is 15.8. The van der Waals surface area contributed by atoms with Crippen LogP contribution in [-0.4, -0.2) is 39.2 Å². The second-order valence-electron chi connectivity index (χ2n) is 7.15. The maximum absolute atomic E-state index is 11.5. The van der Waals surface area contributed by atoms with Gasteiger partial charge in [0.15, 0.2) is 8.32 Å². The van der Waals surface area contributed by atoms with E-state index in [2.05, 4.69) is 33.9 Å². The molecule has 0 aliphatic carbocycles. The molecular weight excluding hydrogens is 272 g/mol. The molecule has 0 fully saturated rings. The molecule has 0 aromatic rings. The minimum atomic E-state index is -1.90. The molecule has 0 saturated heterocycles. The SMILES string of the molecule is COC(=O)C[C@@H](CC[C@H](C)CO)O[Si](C)(C)C(C)(C)C. The highest BCUT2D eigenvalue weighted by molar-refractivity contribution is 6.74. The van der Waals surface area contributed by atoms with Crippen LogP contribution in [0.2, 0.25) is 18.1 Å². The second-order valence-corrected chi connectivity index (χ2v) is 11.9. The summed E-state index contributed by atoms with van der Waals surface area (Å²) < 4.78 is 11.1. The molecule has 1 N–H and O–H groups in total. The molecule has 0 radical (unpaired) electrons. The van der Waals surface area contributed by atoms with Gasteiger partial charge >= 0.3 is 5.97 Å². The number of methoxy groups -OCH3 is 1. The summed E-state index contributed by atoms with van der Waals surface area (Å²) in [7, 11) is -0.495. The minimum absolute atomic E-state index is 0.114. The van der Waals surface area contributed by atoms with Crippen molar-refractivity contribution in [3.63, 3.8) is 0 Å². The van der Waals surface area contributed by atoms with Crippen LogP contribution in [0.3, 0.4) is 0 Å². The topological polar surface area (TPSA) is 55.8 Å². The lowest BCUT2D eigenvalue weighted by Crippen LogP contribution is -2.44. The molecule has 0 saturated carbocycles. The summed E-state index contributed by atoms with van der Waals surface area (Å²) in [5.41, 5.74) is 0. The number of esters is 1. The van der Waals surface area contributed by atoms with Gasteiger partial charge < -0.3 is 14.3 Å². The van der Waals surface area contributed by atoms with Gasteiger partial charge in [-0.1, -0.05) is 27.7 Å². The fourth-order valence-corrected chi connectivity index (χ4v) is 3.02. The molecule has 0 amide bonds. The Kier molecular flexibility index (Phi) is 7.99. The van der Waals surface area contributed by atoms with E-state index < -0.39 is 8.32 Å². The molecule has 120 valence electrons. The number of aliphatic hydroxyl groups excluding tert-OH is 1. The number of rotatable bonds is 8. The van der Waals surface area contributed by atoms with Crippen LogP contribution >= 0.6 is 0 Å². The summed E-state index contributed by atoms with van der Waals surface area (Å²) in [5.74, 6) is 0.00326. The first-order chi connectivity index (χ1) is 9.03. The van der Waals surface area contributed by atoms with Gasteiger partial charge in [0, 0.05) is 6.61 Å². The van der Waals surface area contributed by atoms with Crippen molar-refractivity contribution in [3.8, 4) is 0 Å². The number of aliphatic hydroxyl groups is 1. The van der Waals surface area contributed by atoms with E-state index in [4.69, 9.17) is 14.3 Å². The van der Waals surface area contributed by atoms with E-state index in [0.717, 1.165) is 12.8 Å². The first-order valence-electron chi connectivity index (χ1n) is 7.39. The van der Waals surface area contributed by atoms with Crippen molar-refractivity contribution in [1.29, 1.82) is 0 Å². The van der Waals surface area contributed by atoms with Crippen molar-refractivity contribution >= 4 is 14.3 Å². The van der Waals surface area contributed by atoms with E-state index in [-0.39, 0.29) is 29.6 Å². The molecule has 0 aliphatic heterocycles. The van der Waals surface area contributed by atoms with Crippen molar-refractivity contribution < 1.29 is 19.1 Å². The Morgan fingerprint density at radius 3 is 2.20 bits per heavy atom. The third kappa shape index (κ3) is 6.86. The Hall–Kier alpha value is -0.393. The average molecular weight is 305 g/mol. The van der Waals surface area contributed by atoms with Crippen molar-refractivity contribution in [3.05, 3.63) is 0 Å². The highest BCUT2D eigenvalue weighted by Gasteiger charge is 2.39. The first-order valence-corrected chi connectivity index (χ1v) is 10.3. The summed E-state index contributed by atoms with van der Waals surface area (Å²) in [5, 5.41) is 9.23. The van der Waals surface area contributed by atoms with Crippen LogP contribution in [0.4, 0.5) is 0 Å². The van der Waals surface area contributed by atoms with Gasteiger partial charge in [-0.3, -0.25) is 4.79 Å². The standard InChI is InChI=1S/C15H32O4Si/c1-12(11-16)8-9-13(10-14(17)18-5)19-20(6,7)15(2,3)4/h12-13,16H,8-11H2,1-7H3/t12-,13+/m0/s1. The number of carbonyl (C=O) groups excluding carboxylic acids is 1. The largest absolute Gasteiger partial charge is 0.469 e. The molecule has 0 aliphatic rings. The molecule has 0 rings (SSSR count). The number of carbonyl (C=O) groups is 1. The summed E-state index contributed by atoms with van der Waals surface area (Å²) >= 11 is 0. The van der Waals surface area contributed by atoms with E-state index in [1.54, 1.807) is 0 Å². The van der Waals surface area contributed by atoms with Crippen LogP contribution in [0, 0.1) is 5.92 Å². The van der Waals surface area contributed by atoms with Crippen LogP contribution in [0.25, 0.3) is 0 Å². The van der Waals surface area contributed by atoms with Gasteiger partial charge in [0.25, 0.3) is 0 Å². The third-order valence-electron chi connectivity index (χ3n) is 4.18. The summed E-state index contributed by atoms with van der Waals surface area (Å²) in [4.78, 5) is 11.5. The van der Waals surface area contributed by atoms with Gasteiger partial charge in [0.2, 0.25) is 0 Å². The predicted octanol–water partition coefficient (Wildman–Crippen LogP) is 3.35. The van der Waals surface area contributed by atoms with Crippen molar-refractivity contribution in [2.75, 3.05) is 13.7 Å². The van der Waals surface area contributed by atoms with Gasteiger partial charge in [-0.05, 0) is 36.9 Å². The summed E-state index contributed by atoms with van der Waals surface area (Å²) in [6, 6.07) is 0. The van der Waals surface area contributed by atoms with E-state index in [1.807, 2.05) is 6.92 Å². The molecule has 0 aromatic heterocycles. The maximum atomic E-state index is 11.5. The highest BCUT2D eigenvalue weighted by atomic mass is 28.4. The Balaban J connectivity index is 4.72. The van der Waals surface area contributed by atoms with Crippen molar-refractivity contribution in [2.45, 2.75) is 71.2 Å². The lowest BCUT2D eigenvalue weighted by atomic mass is 10.0. The Labute approximate surface area is 125 Å². The van der Waals surface area contributed by atoms with Crippen LogP contribution in [-0.2, 0) is 14.0 Å². The molecule has 20 heavy (non-hydrogen) atoms. The molecule has 5 heteroatoms. The fraction of sp³-hybridized carbons (Fsp3) is 0.933. The summed E-state index contributed by atoms with van der Waals surface area (Å²) in [6.45, 7) is 13.1. The predicted molar refractivity (Wildman–Crippen MR) is 84.2 cm³/mol. The highest BCUT2D eigenvalue weighted by Crippen LogP contribution is 2.38. The number of hydrogen-bond acceptors (Lipinski definition) is 4. The van der Waals surface area contributed by atoms with Crippen molar-refractivity contribution in [1.82, 2.24) is 0 Å². The van der Waals surface area contributed by atoms with Crippen LogP contribution < -0.4 is 0 Å². The molecule has 0 aromatic carbocycles. The lowest BCUT2D eigenvalue weighted by molar-refractivity contribution is -0.142. The Morgan fingerprint density at radius 1 is 1.25 bits per heavy atom. The molecule has 0 bridgehead atoms. The van der Waals surface area contributed by atoms with Crippen molar-refractivity contribution in [2.24, 2.45) is 5.92 Å². The second kappa shape index (κ2) is 8.15. The zero-order valence-corrected chi connectivity index (χ0v) is 15.2. The molecule has 2 atom stereocenters. The molecule has 0 spiro atoms. The Bertz CT molecular complexity index is 297. The van der Waals surface area contributed by atoms with E-state index in [9.17, 15) is 4.79 Å². The zero-order valence-electron chi connectivity index (χ0n) is 14.2. The number of ether oxygens (including phenoxy) is 1. The maximum Gasteiger partial charge on any atom is 0.308 e. The summed E-state index contributed by atoms with van der Waals surface area (Å²) in [6.07, 6.45) is 1.81. The fourth-order valence-electron chi connectivity index (χ4n) is 1.63. The van der Waals surface area contributed by atoms with Crippen LogP contribution in [0.5, 0.6) is 0 Å². The average Bonchev–Trinajstić information content (AvgIpc) is 2.33. The molecule has 0 unspecified atom stereocenters. The van der Waals surface area contributed by atoms with Gasteiger partial charge in [0.05, 0.1) is 19.6 Å². The van der Waals surface area contributed by atoms with Gasteiger partial charge in [-0.2, -0.15) is 0 Å². The molecule has 4 nitrogen and oxygen atoms in total. The lowest BCUT2D eigenvalue weighted by Gasteiger charge is -2.39. The van der Waals surface area contributed by atoms with E-state index in [1.165, 1.54) is 7.11 Å². The monoisotopic (exact) mass is 304 g/mol. The van der Waals surface area contributed by atoms with Gasteiger partial charge in [0.1, 0.15) is 0 Å². The van der Waals surface area contributed by atoms with Gasteiger partial charge in [-0.25, -0.2) is 0 Å². The van der Waals surface area contributed by atoms with E-state index in [0.29, 0.717) is 6.42 Å².